The quantitative estimate of drug-likeness (QED) is 0.0343. The van der Waals surface area contributed by atoms with Crippen molar-refractivity contribution >= 4 is 17.9 Å². The van der Waals surface area contributed by atoms with Crippen molar-refractivity contribution in [2.75, 3.05) is 13.2 Å². The second-order valence-electron chi connectivity index (χ2n) is 22.1. The molecule has 0 aliphatic rings. The van der Waals surface area contributed by atoms with Gasteiger partial charge in [0, 0.05) is 19.3 Å². The van der Waals surface area contributed by atoms with Gasteiger partial charge >= 0.3 is 17.9 Å². The monoisotopic (exact) mass is 961 g/mol. The van der Waals surface area contributed by atoms with Crippen LogP contribution in [0.2, 0.25) is 0 Å². The van der Waals surface area contributed by atoms with Crippen molar-refractivity contribution < 1.29 is 28.6 Å². The summed E-state index contributed by atoms with van der Waals surface area (Å²) in [7, 11) is 0. The Bertz CT molecular complexity index is 1040. The van der Waals surface area contributed by atoms with E-state index < -0.39 is 6.10 Å². The van der Waals surface area contributed by atoms with Crippen LogP contribution in [0.15, 0.2) is 0 Å². The molecule has 2 atom stereocenters. The lowest BCUT2D eigenvalue weighted by Gasteiger charge is -2.18. The van der Waals surface area contributed by atoms with Crippen LogP contribution in [-0.2, 0) is 28.6 Å². The summed E-state index contributed by atoms with van der Waals surface area (Å²) in [4.78, 5) is 38.2. The van der Waals surface area contributed by atoms with Gasteiger partial charge in [-0.05, 0) is 31.1 Å². The number of hydrogen-bond acceptors (Lipinski definition) is 6. The molecular formula is C62H120O6. The third kappa shape index (κ3) is 53.8. The van der Waals surface area contributed by atoms with Gasteiger partial charge in [0.1, 0.15) is 13.2 Å². The molecule has 0 amide bonds. The molecule has 0 bridgehead atoms. The molecule has 0 fully saturated rings. The molecule has 0 aliphatic heterocycles. The van der Waals surface area contributed by atoms with Crippen LogP contribution in [0, 0.1) is 11.8 Å². The molecule has 6 nitrogen and oxygen atoms in total. The van der Waals surface area contributed by atoms with Gasteiger partial charge < -0.3 is 14.2 Å². The van der Waals surface area contributed by atoms with Gasteiger partial charge in [0.2, 0.25) is 0 Å². The Balaban J connectivity index is 4.27. The SMILES string of the molecule is CCCCCCCCCCCCCCCCCCCCCC(=O)OC[C@@H](COC(=O)CCCCCCCCCCCCC(C)C)OC(=O)CCCCCCCCCCCCCCCCC(C)CC. The van der Waals surface area contributed by atoms with Crippen molar-refractivity contribution in [2.45, 2.75) is 355 Å². The van der Waals surface area contributed by atoms with E-state index in [1.165, 1.54) is 238 Å². The molecular weight excluding hydrogens is 841 g/mol. The number of unbranched alkanes of at least 4 members (excludes halogenated alkanes) is 40. The Morgan fingerprint density at radius 3 is 0.838 bits per heavy atom. The van der Waals surface area contributed by atoms with Crippen molar-refractivity contribution in [1.82, 2.24) is 0 Å². The minimum atomic E-state index is -0.763. The highest BCUT2D eigenvalue weighted by Crippen LogP contribution is 2.19. The zero-order chi connectivity index (χ0) is 49.6. The van der Waals surface area contributed by atoms with E-state index in [-0.39, 0.29) is 31.1 Å². The van der Waals surface area contributed by atoms with Gasteiger partial charge in [-0.2, -0.15) is 0 Å². The minimum Gasteiger partial charge on any atom is -0.462 e. The molecule has 0 aromatic carbocycles. The van der Waals surface area contributed by atoms with Crippen LogP contribution in [0.4, 0.5) is 0 Å². The average Bonchev–Trinajstić information content (AvgIpc) is 3.32. The predicted octanol–water partition coefficient (Wildman–Crippen LogP) is 20.4. The Labute approximate surface area is 425 Å². The van der Waals surface area contributed by atoms with Crippen LogP contribution >= 0.6 is 0 Å². The highest BCUT2D eigenvalue weighted by atomic mass is 16.6. The lowest BCUT2D eigenvalue weighted by Crippen LogP contribution is -2.30. The van der Waals surface area contributed by atoms with Crippen LogP contribution in [-0.4, -0.2) is 37.2 Å². The van der Waals surface area contributed by atoms with E-state index in [0.717, 1.165) is 69.6 Å². The van der Waals surface area contributed by atoms with Crippen LogP contribution < -0.4 is 0 Å². The molecule has 0 N–H and O–H groups in total. The number of carbonyl (C=O) groups excluding carboxylic acids is 3. The summed E-state index contributed by atoms with van der Waals surface area (Å²) in [5.41, 5.74) is 0. The highest BCUT2D eigenvalue weighted by molar-refractivity contribution is 5.71. The van der Waals surface area contributed by atoms with Gasteiger partial charge in [-0.3, -0.25) is 14.4 Å². The second-order valence-corrected chi connectivity index (χ2v) is 22.1. The van der Waals surface area contributed by atoms with Crippen molar-refractivity contribution in [3.05, 3.63) is 0 Å². The number of esters is 3. The lowest BCUT2D eigenvalue weighted by molar-refractivity contribution is -0.167. The first-order valence-corrected chi connectivity index (χ1v) is 30.8. The molecule has 0 spiro atoms. The van der Waals surface area contributed by atoms with E-state index >= 15 is 0 Å². The lowest BCUT2D eigenvalue weighted by atomic mass is 9.99. The van der Waals surface area contributed by atoms with Crippen LogP contribution in [0.25, 0.3) is 0 Å². The molecule has 68 heavy (non-hydrogen) atoms. The van der Waals surface area contributed by atoms with Gasteiger partial charge in [-0.25, -0.2) is 0 Å². The van der Waals surface area contributed by atoms with Gasteiger partial charge in [0.15, 0.2) is 6.10 Å². The molecule has 0 saturated carbocycles. The number of hydrogen-bond donors (Lipinski definition) is 0. The van der Waals surface area contributed by atoms with Crippen LogP contribution in [0.5, 0.6) is 0 Å². The van der Waals surface area contributed by atoms with Crippen molar-refractivity contribution in [1.29, 1.82) is 0 Å². The Hall–Kier alpha value is -1.59. The smallest absolute Gasteiger partial charge is 0.306 e. The fourth-order valence-corrected chi connectivity index (χ4v) is 9.55. The molecule has 0 aromatic rings. The highest BCUT2D eigenvalue weighted by Gasteiger charge is 2.19. The van der Waals surface area contributed by atoms with Crippen LogP contribution in [0.3, 0.4) is 0 Å². The van der Waals surface area contributed by atoms with E-state index in [1.54, 1.807) is 0 Å². The van der Waals surface area contributed by atoms with E-state index in [4.69, 9.17) is 14.2 Å². The molecule has 0 rings (SSSR count). The van der Waals surface area contributed by atoms with Gasteiger partial charge in [0.05, 0.1) is 0 Å². The van der Waals surface area contributed by atoms with Gasteiger partial charge in [0.25, 0.3) is 0 Å². The summed E-state index contributed by atoms with van der Waals surface area (Å²) in [6.07, 6.45) is 59.5. The normalized spacial score (nSPS) is 12.4. The maximum absolute atomic E-state index is 12.9. The maximum atomic E-state index is 12.9. The summed E-state index contributed by atoms with van der Waals surface area (Å²) in [5.74, 6) is 0.877. The summed E-state index contributed by atoms with van der Waals surface area (Å²) in [6, 6.07) is 0. The molecule has 1 unspecified atom stereocenters. The second kappa shape index (κ2) is 54.7. The standard InChI is InChI=1S/C62H120O6/c1-6-8-9-10-11-12-13-14-15-16-17-18-19-23-26-32-37-42-47-52-60(63)66-55-59(56-67-61(64)53-48-43-38-33-29-28-30-35-40-45-50-57(3)4)68-62(65)54-49-44-39-34-27-24-21-20-22-25-31-36-41-46-51-58(5)7-2/h57-59H,6-56H2,1-5H3/t58?,59-/m0/s1. The molecule has 404 valence electrons. The van der Waals surface area contributed by atoms with Crippen molar-refractivity contribution in [2.24, 2.45) is 11.8 Å². The van der Waals surface area contributed by atoms with Crippen molar-refractivity contribution in [3.8, 4) is 0 Å². The summed E-state index contributed by atoms with van der Waals surface area (Å²) in [5, 5.41) is 0. The Morgan fingerprint density at radius 1 is 0.309 bits per heavy atom. The van der Waals surface area contributed by atoms with Gasteiger partial charge in [-0.1, -0.05) is 311 Å². The third-order valence-electron chi connectivity index (χ3n) is 14.6. The topological polar surface area (TPSA) is 78.9 Å². The number of carbonyl (C=O) groups is 3. The molecule has 0 heterocycles. The summed E-state index contributed by atoms with van der Waals surface area (Å²) in [6.45, 7) is 11.5. The largest absolute Gasteiger partial charge is 0.462 e. The van der Waals surface area contributed by atoms with E-state index in [0.29, 0.717) is 19.3 Å². The summed E-state index contributed by atoms with van der Waals surface area (Å²) >= 11 is 0. The van der Waals surface area contributed by atoms with E-state index in [9.17, 15) is 14.4 Å². The zero-order valence-electron chi connectivity index (χ0n) is 46.7. The van der Waals surface area contributed by atoms with Gasteiger partial charge in [-0.15, -0.1) is 0 Å². The predicted molar refractivity (Wildman–Crippen MR) is 293 cm³/mol. The fourth-order valence-electron chi connectivity index (χ4n) is 9.55. The number of rotatable bonds is 56. The van der Waals surface area contributed by atoms with E-state index in [2.05, 4.69) is 34.6 Å². The Morgan fingerprint density at radius 2 is 0.559 bits per heavy atom. The molecule has 0 saturated heterocycles. The first-order chi connectivity index (χ1) is 33.3. The first-order valence-electron chi connectivity index (χ1n) is 30.8. The molecule has 6 heteroatoms. The molecule has 0 radical (unpaired) electrons. The molecule has 0 aromatic heterocycles. The summed E-state index contributed by atoms with van der Waals surface area (Å²) < 4.78 is 16.9. The fraction of sp³-hybridized carbons (Fsp3) is 0.952. The molecule has 0 aliphatic carbocycles. The van der Waals surface area contributed by atoms with E-state index in [1.807, 2.05) is 0 Å². The maximum Gasteiger partial charge on any atom is 0.306 e. The Kier molecular flexibility index (Phi) is 53.5. The first kappa shape index (κ1) is 66.4. The van der Waals surface area contributed by atoms with Crippen LogP contribution in [0.1, 0.15) is 349 Å². The number of ether oxygens (including phenoxy) is 3. The third-order valence-corrected chi connectivity index (χ3v) is 14.6. The minimum absolute atomic E-state index is 0.0624. The van der Waals surface area contributed by atoms with Crippen molar-refractivity contribution in [3.63, 3.8) is 0 Å². The average molecular weight is 962 g/mol. The zero-order valence-corrected chi connectivity index (χ0v) is 46.7.